The minimum Gasteiger partial charge on any atom is -0.294 e. The van der Waals surface area contributed by atoms with E-state index >= 15 is 0 Å². The molecule has 29 heavy (non-hydrogen) atoms. The van der Waals surface area contributed by atoms with Gasteiger partial charge in [-0.3, -0.25) is 9.69 Å². The summed E-state index contributed by atoms with van der Waals surface area (Å²) in [7, 11) is 0. The summed E-state index contributed by atoms with van der Waals surface area (Å²) in [6.07, 6.45) is 6.42. The second-order valence-electron chi connectivity index (χ2n) is 7.75. The number of hydrogen-bond acceptors (Lipinski definition) is 4. The summed E-state index contributed by atoms with van der Waals surface area (Å²) >= 11 is 0. The van der Waals surface area contributed by atoms with E-state index in [9.17, 15) is 4.79 Å². The van der Waals surface area contributed by atoms with Gasteiger partial charge in [0.2, 0.25) is 0 Å². The van der Waals surface area contributed by atoms with Crippen molar-refractivity contribution in [1.82, 2.24) is 4.90 Å². The maximum Gasteiger partial charge on any atom is 0.187 e. The van der Waals surface area contributed by atoms with E-state index in [0.29, 0.717) is 24.2 Å². The van der Waals surface area contributed by atoms with Gasteiger partial charge in [0, 0.05) is 30.8 Å². The monoisotopic (exact) mass is 379 g/mol. The molecule has 0 spiro atoms. The molecule has 2 aromatic rings. The van der Waals surface area contributed by atoms with E-state index in [1.54, 1.807) is 24.3 Å². The van der Waals surface area contributed by atoms with Gasteiger partial charge in [0.1, 0.15) is 0 Å². The quantitative estimate of drug-likeness (QED) is 0.747. The minimum atomic E-state index is 0.0748. The van der Waals surface area contributed by atoms with Crippen LogP contribution in [0.5, 0.6) is 0 Å². The number of Topliss-reactive ketones (excluding diaryl/α,β-unsaturated/α-hetero) is 1. The van der Waals surface area contributed by atoms with Crippen LogP contribution in [-0.4, -0.2) is 30.3 Å². The molecule has 0 bridgehead atoms. The van der Waals surface area contributed by atoms with Gasteiger partial charge in [0.25, 0.3) is 0 Å². The minimum absolute atomic E-state index is 0.0748. The molecule has 0 amide bonds. The first-order valence-corrected chi connectivity index (χ1v) is 9.83. The summed E-state index contributed by atoms with van der Waals surface area (Å²) in [5.41, 5.74) is 4.64. The Morgan fingerprint density at radius 3 is 1.66 bits per heavy atom. The Hall–Kier alpha value is -3.47. The van der Waals surface area contributed by atoms with Crippen molar-refractivity contribution in [3.8, 4) is 12.1 Å². The van der Waals surface area contributed by atoms with Gasteiger partial charge in [-0.05, 0) is 66.3 Å². The van der Waals surface area contributed by atoms with E-state index in [-0.39, 0.29) is 5.78 Å². The third kappa shape index (κ3) is 4.69. The zero-order valence-corrected chi connectivity index (χ0v) is 16.1. The number of carbonyl (C=O) groups is 1. The summed E-state index contributed by atoms with van der Waals surface area (Å²) in [5.74, 6) is 0.821. The largest absolute Gasteiger partial charge is 0.294 e. The molecule has 1 saturated heterocycles. The molecule has 4 nitrogen and oxygen atoms in total. The number of nitrogens with zero attached hydrogens (tertiary/aromatic N) is 3. The van der Waals surface area contributed by atoms with Gasteiger partial charge in [-0.15, -0.1) is 0 Å². The van der Waals surface area contributed by atoms with Crippen molar-refractivity contribution in [3.63, 3.8) is 0 Å². The van der Waals surface area contributed by atoms with E-state index in [2.05, 4.69) is 17.0 Å². The average Bonchev–Trinajstić information content (AvgIpc) is 3.56. The number of carbonyl (C=O) groups excluding carboxylic acids is 1. The number of rotatable bonds is 4. The van der Waals surface area contributed by atoms with Crippen LogP contribution in [0.15, 0.2) is 59.7 Å². The molecule has 2 fully saturated rings. The maximum atomic E-state index is 13.2. The Morgan fingerprint density at radius 2 is 1.28 bits per heavy atom. The van der Waals surface area contributed by atoms with E-state index in [0.717, 1.165) is 34.7 Å². The summed E-state index contributed by atoms with van der Waals surface area (Å²) < 4.78 is 0. The third-order valence-corrected chi connectivity index (χ3v) is 5.35. The van der Waals surface area contributed by atoms with E-state index in [4.69, 9.17) is 10.5 Å². The standard InChI is InChI=1S/C25H21N3O/c26-13-20-5-1-18(2-6-20)11-23-16-28(15-22-9-10-22)17-24(25(23)29)12-19-3-7-21(14-27)8-4-19/h1-8,11-12,22H,9-10,15-17H2. The van der Waals surface area contributed by atoms with Crippen LogP contribution in [-0.2, 0) is 4.79 Å². The molecular formula is C25H21N3O. The molecule has 0 radical (unpaired) electrons. The Morgan fingerprint density at radius 1 is 0.828 bits per heavy atom. The lowest BCUT2D eigenvalue weighted by Crippen LogP contribution is -2.38. The van der Waals surface area contributed by atoms with Crippen molar-refractivity contribution in [2.75, 3.05) is 19.6 Å². The van der Waals surface area contributed by atoms with Crippen molar-refractivity contribution in [3.05, 3.63) is 81.9 Å². The highest BCUT2D eigenvalue weighted by molar-refractivity contribution is 6.14. The molecule has 1 heterocycles. The van der Waals surface area contributed by atoms with Gasteiger partial charge in [0.05, 0.1) is 23.3 Å². The van der Waals surface area contributed by atoms with Gasteiger partial charge in [-0.1, -0.05) is 24.3 Å². The van der Waals surface area contributed by atoms with Gasteiger partial charge in [-0.25, -0.2) is 0 Å². The second kappa shape index (κ2) is 8.27. The number of likely N-dealkylation sites (tertiary alicyclic amines) is 1. The molecule has 2 aromatic carbocycles. The van der Waals surface area contributed by atoms with Gasteiger partial charge >= 0.3 is 0 Å². The van der Waals surface area contributed by atoms with Crippen molar-refractivity contribution < 1.29 is 4.79 Å². The van der Waals surface area contributed by atoms with Gasteiger partial charge in [-0.2, -0.15) is 10.5 Å². The van der Waals surface area contributed by atoms with E-state index < -0.39 is 0 Å². The van der Waals surface area contributed by atoms with Crippen LogP contribution in [0.3, 0.4) is 0 Å². The topological polar surface area (TPSA) is 67.9 Å². The fourth-order valence-electron chi connectivity index (χ4n) is 3.61. The second-order valence-corrected chi connectivity index (χ2v) is 7.75. The normalized spacial score (nSPS) is 19.9. The highest BCUT2D eigenvalue weighted by atomic mass is 16.1. The highest BCUT2D eigenvalue weighted by Gasteiger charge is 2.30. The molecule has 4 rings (SSSR count). The first kappa shape index (κ1) is 18.9. The summed E-state index contributed by atoms with van der Waals surface area (Å²) in [6.45, 7) is 2.32. The number of benzene rings is 2. The van der Waals surface area contributed by atoms with E-state index in [1.165, 1.54) is 12.8 Å². The van der Waals surface area contributed by atoms with Crippen molar-refractivity contribution in [2.45, 2.75) is 12.8 Å². The van der Waals surface area contributed by atoms with Crippen LogP contribution in [0.2, 0.25) is 0 Å². The van der Waals surface area contributed by atoms with Crippen LogP contribution in [0, 0.1) is 28.6 Å². The molecule has 142 valence electrons. The summed E-state index contributed by atoms with van der Waals surface area (Å²) in [4.78, 5) is 15.5. The maximum absolute atomic E-state index is 13.2. The smallest absolute Gasteiger partial charge is 0.187 e. The number of nitriles is 2. The van der Waals surface area contributed by atoms with Crippen molar-refractivity contribution >= 4 is 17.9 Å². The Bertz CT molecular complexity index is 980. The van der Waals surface area contributed by atoms with Crippen molar-refractivity contribution in [2.24, 2.45) is 5.92 Å². The predicted octanol–water partition coefficient (Wildman–Crippen LogP) is 4.19. The molecule has 0 unspecified atom stereocenters. The fourth-order valence-corrected chi connectivity index (χ4v) is 3.61. The molecule has 2 aliphatic rings. The Labute approximate surface area is 171 Å². The molecule has 0 atom stereocenters. The Kier molecular flexibility index (Phi) is 5.38. The van der Waals surface area contributed by atoms with Crippen LogP contribution >= 0.6 is 0 Å². The lowest BCUT2D eigenvalue weighted by Gasteiger charge is -2.29. The zero-order chi connectivity index (χ0) is 20.2. The van der Waals surface area contributed by atoms with Gasteiger partial charge < -0.3 is 0 Å². The molecule has 1 aliphatic heterocycles. The molecule has 0 aromatic heterocycles. The third-order valence-electron chi connectivity index (χ3n) is 5.35. The lowest BCUT2D eigenvalue weighted by atomic mass is 9.93. The molecule has 1 aliphatic carbocycles. The molecular weight excluding hydrogens is 358 g/mol. The lowest BCUT2D eigenvalue weighted by molar-refractivity contribution is -0.113. The number of hydrogen-bond donors (Lipinski definition) is 0. The van der Waals surface area contributed by atoms with Crippen LogP contribution in [0.1, 0.15) is 35.1 Å². The molecule has 4 heteroatoms. The first-order chi connectivity index (χ1) is 14.1. The highest BCUT2D eigenvalue weighted by Crippen LogP contribution is 2.32. The van der Waals surface area contributed by atoms with Crippen LogP contribution in [0.4, 0.5) is 0 Å². The first-order valence-electron chi connectivity index (χ1n) is 9.83. The SMILES string of the molecule is N#Cc1ccc(C=C2CN(CC3CC3)CC(=Cc3ccc(C#N)cc3)C2=O)cc1. The molecule has 0 N–H and O–H groups in total. The van der Waals surface area contributed by atoms with Crippen molar-refractivity contribution in [1.29, 1.82) is 10.5 Å². The zero-order valence-electron chi connectivity index (χ0n) is 16.1. The average molecular weight is 379 g/mol. The van der Waals surface area contributed by atoms with E-state index in [1.807, 2.05) is 36.4 Å². The van der Waals surface area contributed by atoms with Gasteiger partial charge in [0.15, 0.2) is 5.78 Å². The summed E-state index contributed by atoms with van der Waals surface area (Å²) in [6, 6.07) is 18.8. The molecule has 1 saturated carbocycles. The Balaban J connectivity index is 1.63. The number of piperidine rings is 1. The summed E-state index contributed by atoms with van der Waals surface area (Å²) in [5, 5.41) is 17.9. The predicted molar refractivity (Wildman–Crippen MR) is 112 cm³/mol. The van der Waals surface area contributed by atoms with Crippen LogP contribution in [0.25, 0.3) is 12.2 Å². The number of ketones is 1. The fraction of sp³-hybridized carbons (Fsp3) is 0.240. The van der Waals surface area contributed by atoms with Crippen LogP contribution < -0.4 is 0 Å².